The minimum Gasteiger partial charge on any atom is -0.369 e. The molecule has 0 radical (unpaired) electrons. The van der Waals surface area contributed by atoms with Gasteiger partial charge in [-0.2, -0.15) is 0 Å². The minimum atomic E-state index is -0.273. The molecule has 0 fully saturated rings. The monoisotopic (exact) mass is 125 g/mol. The fourth-order valence-electron chi connectivity index (χ4n) is 0.442. The van der Waals surface area contributed by atoms with Crippen molar-refractivity contribution in [3.05, 3.63) is 0 Å². The van der Waals surface area contributed by atoms with Gasteiger partial charge in [-0.3, -0.25) is 4.79 Å². The van der Waals surface area contributed by atoms with Crippen LogP contribution in [0.2, 0.25) is 0 Å². The Hall–Kier alpha value is -0.970. The molecule has 0 aliphatic carbocycles. The lowest BCUT2D eigenvalue weighted by molar-refractivity contribution is -0.121. The average molecular weight is 125 g/mol. The van der Waals surface area contributed by atoms with E-state index in [1.165, 1.54) is 0 Å². The van der Waals surface area contributed by atoms with Crippen molar-refractivity contribution in [2.75, 3.05) is 0 Å². The lowest BCUT2D eigenvalue weighted by atomic mass is 10.1. The number of amides is 1. The highest BCUT2D eigenvalue weighted by molar-refractivity contribution is 5.76. The van der Waals surface area contributed by atoms with Crippen LogP contribution in [-0.2, 0) is 4.79 Å². The normalized spacial score (nSPS) is 12.0. The summed E-state index contributed by atoms with van der Waals surface area (Å²) in [5, 5.41) is 0. The van der Waals surface area contributed by atoms with Crippen LogP contribution in [-0.4, -0.2) is 5.91 Å². The van der Waals surface area contributed by atoms with Crippen molar-refractivity contribution in [3.63, 3.8) is 0 Å². The molecule has 0 aromatic heterocycles. The largest absolute Gasteiger partial charge is 0.369 e. The molecule has 9 heavy (non-hydrogen) atoms. The SMILES string of the molecule is C#CCCC(C)C(N)=O. The van der Waals surface area contributed by atoms with Gasteiger partial charge >= 0.3 is 0 Å². The first-order chi connectivity index (χ1) is 4.18. The number of primary amides is 1. The van der Waals surface area contributed by atoms with Crippen LogP contribution in [0.1, 0.15) is 19.8 Å². The lowest BCUT2D eigenvalue weighted by Crippen LogP contribution is -2.20. The van der Waals surface area contributed by atoms with Gasteiger partial charge in [0.2, 0.25) is 5.91 Å². The second-order valence-corrected chi connectivity index (χ2v) is 2.05. The molecule has 2 heteroatoms. The lowest BCUT2D eigenvalue weighted by Gasteiger charge is -2.01. The van der Waals surface area contributed by atoms with Gasteiger partial charge in [0.25, 0.3) is 0 Å². The number of carbonyl (C=O) groups excluding carboxylic acids is 1. The van der Waals surface area contributed by atoms with E-state index in [1.807, 2.05) is 0 Å². The number of carbonyl (C=O) groups is 1. The molecule has 0 spiro atoms. The Labute approximate surface area is 55.4 Å². The Bertz CT molecular complexity index is 134. The molecule has 0 aromatic rings. The van der Waals surface area contributed by atoms with Gasteiger partial charge in [-0.15, -0.1) is 12.3 Å². The molecule has 50 valence electrons. The Balaban J connectivity index is 3.41. The molecule has 0 aromatic carbocycles. The summed E-state index contributed by atoms with van der Waals surface area (Å²) in [6.45, 7) is 1.78. The van der Waals surface area contributed by atoms with E-state index in [9.17, 15) is 4.79 Å². The maximum Gasteiger partial charge on any atom is 0.220 e. The molecule has 0 heterocycles. The molecule has 1 atom stereocenters. The van der Waals surface area contributed by atoms with Gasteiger partial charge in [0.1, 0.15) is 0 Å². The topological polar surface area (TPSA) is 43.1 Å². The highest BCUT2D eigenvalue weighted by atomic mass is 16.1. The third-order valence-corrected chi connectivity index (χ3v) is 1.21. The third kappa shape index (κ3) is 3.60. The van der Waals surface area contributed by atoms with Gasteiger partial charge in [-0.1, -0.05) is 6.92 Å². The van der Waals surface area contributed by atoms with Crippen LogP contribution in [0.15, 0.2) is 0 Å². The molecule has 0 saturated carbocycles. The molecule has 0 bridgehead atoms. The summed E-state index contributed by atoms with van der Waals surface area (Å²) in [6, 6.07) is 0. The summed E-state index contributed by atoms with van der Waals surface area (Å²) >= 11 is 0. The van der Waals surface area contributed by atoms with Gasteiger partial charge in [-0.05, 0) is 6.42 Å². The molecule has 0 rings (SSSR count). The Morgan fingerprint density at radius 3 is 2.78 bits per heavy atom. The first-order valence-electron chi connectivity index (χ1n) is 2.91. The zero-order chi connectivity index (χ0) is 7.28. The Morgan fingerprint density at radius 1 is 1.89 bits per heavy atom. The summed E-state index contributed by atoms with van der Waals surface area (Å²) in [7, 11) is 0. The van der Waals surface area contributed by atoms with E-state index in [4.69, 9.17) is 12.2 Å². The molecule has 1 unspecified atom stereocenters. The number of hydrogen-bond donors (Lipinski definition) is 1. The second kappa shape index (κ2) is 3.96. The van der Waals surface area contributed by atoms with Crippen molar-refractivity contribution < 1.29 is 4.79 Å². The van der Waals surface area contributed by atoms with Crippen molar-refractivity contribution in [2.45, 2.75) is 19.8 Å². The fraction of sp³-hybridized carbons (Fsp3) is 0.571. The summed E-state index contributed by atoms with van der Waals surface area (Å²) < 4.78 is 0. The van der Waals surface area contributed by atoms with Crippen molar-refractivity contribution in [3.8, 4) is 12.3 Å². The summed E-state index contributed by atoms with van der Waals surface area (Å²) in [6.07, 6.45) is 6.30. The fourth-order valence-corrected chi connectivity index (χ4v) is 0.442. The predicted molar refractivity (Wildman–Crippen MR) is 36.4 cm³/mol. The molecular formula is C7H11NO. The van der Waals surface area contributed by atoms with Crippen LogP contribution in [0, 0.1) is 18.3 Å². The summed E-state index contributed by atoms with van der Waals surface area (Å²) in [5.41, 5.74) is 4.97. The molecule has 0 aliphatic heterocycles. The molecular weight excluding hydrogens is 114 g/mol. The van der Waals surface area contributed by atoms with Crippen molar-refractivity contribution in [1.82, 2.24) is 0 Å². The van der Waals surface area contributed by atoms with E-state index < -0.39 is 0 Å². The smallest absolute Gasteiger partial charge is 0.220 e. The minimum absolute atomic E-state index is 0.0824. The van der Waals surface area contributed by atoms with Crippen LogP contribution in [0.5, 0.6) is 0 Å². The molecule has 0 saturated heterocycles. The number of terminal acetylenes is 1. The number of rotatable bonds is 3. The van der Waals surface area contributed by atoms with E-state index >= 15 is 0 Å². The number of hydrogen-bond acceptors (Lipinski definition) is 1. The quantitative estimate of drug-likeness (QED) is 0.549. The van der Waals surface area contributed by atoms with Crippen LogP contribution in [0.25, 0.3) is 0 Å². The van der Waals surface area contributed by atoms with Crippen LogP contribution >= 0.6 is 0 Å². The Kier molecular flexibility index (Phi) is 3.54. The van der Waals surface area contributed by atoms with Gasteiger partial charge in [0, 0.05) is 12.3 Å². The van der Waals surface area contributed by atoms with E-state index in [0.717, 1.165) is 0 Å². The number of nitrogens with two attached hydrogens (primary N) is 1. The van der Waals surface area contributed by atoms with Crippen molar-refractivity contribution >= 4 is 5.91 Å². The van der Waals surface area contributed by atoms with Gasteiger partial charge in [0.15, 0.2) is 0 Å². The van der Waals surface area contributed by atoms with Crippen LogP contribution < -0.4 is 5.73 Å². The van der Waals surface area contributed by atoms with Crippen LogP contribution in [0.4, 0.5) is 0 Å². The third-order valence-electron chi connectivity index (χ3n) is 1.21. The Morgan fingerprint density at radius 2 is 2.44 bits per heavy atom. The summed E-state index contributed by atoms with van der Waals surface area (Å²) in [5.74, 6) is 2.09. The highest BCUT2D eigenvalue weighted by Gasteiger charge is 2.05. The molecule has 1 amide bonds. The van der Waals surface area contributed by atoms with Gasteiger partial charge in [-0.25, -0.2) is 0 Å². The summed E-state index contributed by atoms with van der Waals surface area (Å²) in [4.78, 5) is 10.4. The zero-order valence-corrected chi connectivity index (χ0v) is 5.55. The first-order valence-corrected chi connectivity index (χ1v) is 2.91. The predicted octanol–water partition coefficient (Wildman–Crippen LogP) is 0.521. The molecule has 0 aliphatic rings. The van der Waals surface area contributed by atoms with E-state index in [2.05, 4.69) is 5.92 Å². The zero-order valence-electron chi connectivity index (χ0n) is 5.55. The molecule has 2 nitrogen and oxygen atoms in total. The standard InChI is InChI=1S/C7H11NO/c1-3-4-5-6(2)7(8)9/h1,6H,4-5H2,2H3,(H2,8,9). The molecule has 2 N–H and O–H groups in total. The maximum absolute atomic E-state index is 10.4. The maximum atomic E-state index is 10.4. The first kappa shape index (κ1) is 8.03. The van der Waals surface area contributed by atoms with Gasteiger partial charge in [0.05, 0.1) is 0 Å². The average Bonchev–Trinajstić information content (AvgIpc) is 1.82. The van der Waals surface area contributed by atoms with Crippen molar-refractivity contribution in [1.29, 1.82) is 0 Å². The second-order valence-electron chi connectivity index (χ2n) is 2.05. The van der Waals surface area contributed by atoms with E-state index in [-0.39, 0.29) is 11.8 Å². The van der Waals surface area contributed by atoms with Gasteiger partial charge < -0.3 is 5.73 Å². The van der Waals surface area contributed by atoms with Crippen LogP contribution in [0.3, 0.4) is 0 Å². The highest BCUT2D eigenvalue weighted by Crippen LogP contribution is 2.02. The van der Waals surface area contributed by atoms with E-state index in [0.29, 0.717) is 12.8 Å². The van der Waals surface area contributed by atoms with E-state index in [1.54, 1.807) is 6.92 Å². The van der Waals surface area contributed by atoms with Crippen molar-refractivity contribution in [2.24, 2.45) is 11.7 Å².